The fourth-order valence-corrected chi connectivity index (χ4v) is 17.3. The number of alkyl carbamates (subject to hydrolysis) is 1. The van der Waals surface area contributed by atoms with Crippen molar-refractivity contribution >= 4 is 45.8 Å². The molecule has 0 bridgehead atoms. The first-order valence-electron chi connectivity index (χ1n) is 34.3. The molecule has 10 aromatic carbocycles. The molecule has 1 N–H and O–H groups in total. The van der Waals surface area contributed by atoms with Gasteiger partial charge in [0, 0.05) is 67.4 Å². The molecule has 0 saturated heterocycles. The number of hydrogen-bond acceptors (Lipinski definition) is 10. The highest BCUT2D eigenvalue weighted by atomic mass is 16.6. The first kappa shape index (κ1) is 63.8. The second-order valence-corrected chi connectivity index (χ2v) is 29.2. The van der Waals surface area contributed by atoms with E-state index in [1.165, 1.54) is 49.9 Å². The third-order valence-corrected chi connectivity index (χ3v) is 21.4. The van der Waals surface area contributed by atoms with Crippen LogP contribution < -0.4 is 33.7 Å². The van der Waals surface area contributed by atoms with Crippen LogP contribution in [-0.4, -0.2) is 58.8 Å². The Balaban J connectivity index is 0.550. The summed E-state index contributed by atoms with van der Waals surface area (Å²) < 4.78 is 50.1. The number of methoxy groups -OCH3 is 2. The lowest BCUT2D eigenvalue weighted by atomic mass is 9.61. The van der Waals surface area contributed by atoms with Gasteiger partial charge < -0.3 is 43.2 Å². The molecule has 15 rings (SSSR count). The number of rotatable bonds is 18. The molecule has 3 aliphatic carbocycles. The van der Waals surface area contributed by atoms with Crippen LogP contribution >= 0.6 is 0 Å². The zero-order valence-corrected chi connectivity index (χ0v) is 57.3. The van der Waals surface area contributed by atoms with Gasteiger partial charge in [0.25, 0.3) is 0 Å². The Kier molecular flexibility index (Phi) is 16.1. The summed E-state index contributed by atoms with van der Waals surface area (Å²) in [4.78, 5) is 26.8. The zero-order chi connectivity index (χ0) is 67.8. The maximum atomic E-state index is 13.4. The smallest absolute Gasteiger partial charge is 0.407 e. The van der Waals surface area contributed by atoms with Crippen molar-refractivity contribution in [2.75, 3.05) is 40.6 Å². The summed E-state index contributed by atoms with van der Waals surface area (Å²) in [5.41, 5.74) is 13.4. The topological polar surface area (TPSA) is 120 Å². The normalized spacial score (nSPS) is 20.6. The van der Waals surface area contributed by atoms with Gasteiger partial charge >= 0.3 is 12.1 Å². The molecular formula is C87H83NO10. The van der Waals surface area contributed by atoms with E-state index in [2.05, 4.69) is 199 Å². The van der Waals surface area contributed by atoms with E-state index in [0.29, 0.717) is 24.3 Å². The Bertz CT molecular complexity index is 4810. The quantitative estimate of drug-likeness (QED) is 0.0657. The monoisotopic (exact) mass is 1300 g/mol. The molecule has 98 heavy (non-hydrogen) atoms. The number of carbonyl (C=O) groups is 2. The van der Waals surface area contributed by atoms with Gasteiger partial charge in [-0.3, -0.25) is 4.79 Å². The van der Waals surface area contributed by atoms with Crippen molar-refractivity contribution in [3.05, 3.63) is 262 Å². The third-order valence-electron chi connectivity index (χ3n) is 21.4. The van der Waals surface area contributed by atoms with Gasteiger partial charge in [-0.15, -0.1) is 0 Å². The van der Waals surface area contributed by atoms with Crippen molar-refractivity contribution in [3.8, 4) is 56.8 Å². The fourth-order valence-electron chi connectivity index (χ4n) is 17.3. The lowest BCUT2D eigenvalue weighted by Crippen LogP contribution is -2.47. The molecule has 0 radical (unpaired) electrons. The van der Waals surface area contributed by atoms with E-state index in [4.69, 9.17) is 37.9 Å². The van der Waals surface area contributed by atoms with E-state index < -0.39 is 17.3 Å². The van der Waals surface area contributed by atoms with Crippen molar-refractivity contribution in [1.29, 1.82) is 0 Å². The molecule has 4 unspecified atom stereocenters. The van der Waals surface area contributed by atoms with Gasteiger partial charge in [-0.25, -0.2) is 4.79 Å². The molecule has 4 atom stereocenters. The Morgan fingerprint density at radius 2 is 0.857 bits per heavy atom. The average Bonchev–Trinajstić information content (AvgIpc) is 1.49. The number of ether oxygens (including phenoxy) is 8. The minimum absolute atomic E-state index is 0.0552. The number of hydrogen-bond donors (Lipinski definition) is 1. The van der Waals surface area contributed by atoms with Gasteiger partial charge in [-0.05, 0) is 152 Å². The molecule has 0 spiro atoms. The van der Waals surface area contributed by atoms with Gasteiger partial charge in [0.2, 0.25) is 0 Å². The van der Waals surface area contributed by atoms with Crippen LogP contribution in [0.1, 0.15) is 136 Å². The highest BCUT2D eigenvalue weighted by Gasteiger charge is 2.47. The van der Waals surface area contributed by atoms with E-state index in [1.54, 1.807) is 14.2 Å². The van der Waals surface area contributed by atoms with Crippen LogP contribution in [0.25, 0.3) is 56.0 Å². The SMILES string of the molecule is COc1ccc(C2(c3ccc(OCCOC(=O)CCC4(C)CC(NC(=O)OCCOc5ccc(C6(c7ccc(OC)cc7)C=Cc7c8c(c9ccccc9c7O6)-c6ccccc6C8(C)C)cc5)CC(C)(C)C4)cc3)C=Cc3c4c(c5ccccc5c3O2)-c2ccccc2C4(C)C)cc1. The van der Waals surface area contributed by atoms with E-state index >= 15 is 0 Å². The minimum Gasteiger partial charge on any atom is -0.497 e. The molecule has 11 nitrogen and oxygen atoms in total. The number of fused-ring (bicyclic) bond motifs is 16. The molecule has 10 aromatic rings. The van der Waals surface area contributed by atoms with Crippen molar-refractivity contribution in [2.24, 2.45) is 10.8 Å². The molecular weight excluding hydrogens is 1220 g/mol. The molecule has 11 heteroatoms. The lowest BCUT2D eigenvalue weighted by Gasteiger charge is -2.46. The Morgan fingerprint density at radius 1 is 0.459 bits per heavy atom. The zero-order valence-electron chi connectivity index (χ0n) is 57.3. The third kappa shape index (κ3) is 11.1. The lowest BCUT2D eigenvalue weighted by molar-refractivity contribution is -0.145. The number of esters is 1. The summed E-state index contributed by atoms with van der Waals surface area (Å²) in [6.07, 6.45) is 11.6. The predicted octanol–water partition coefficient (Wildman–Crippen LogP) is 19.4. The number of carbonyl (C=O) groups excluding carboxylic acids is 2. The van der Waals surface area contributed by atoms with Gasteiger partial charge in [-0.2, -0.15) is 0 Å². The summed E-state index contributed by atoms with van der Waals surface area (Å²) in [6.45, 7) is 16.4. The van der Waals surface area contributed by atoms with Gasteiger partial charge in [0.05, 0.1) is 14.2 Å². The summed E-state index contributed by atoms with van der Waals surface area (Å²) in [5, 5.41) is 7.60. The Labute approximate surface area is 574 Å². The standard InChI is InChI=1S/C87H83NO10/c1-82(2)52-59(88-81(90)96-51-49-94-63-40-32-58(33-41-63)87(56-28-36-61(92-9)37-29-56)47-43-71-78-76(65-19-11-13-21-67(65)80(71)98-87)69-23-15-17-25-73(69)84(78,5)6)53-85(7,54-82)45-44-74(89)95-50-48-93-62-38-30-57(31-39-62)86(55-26-34-60(91-8)35-27-55)46-42-70-77-75(64-18-10-12-20-66(64)79(70)97-86)68-22-14-16-24-72(68)83(77,3)4/h10-43,46-47,59H,44-45,48-54H2,1-9H3,(H,88,90). The van der Waals surface area contributed by atoms with Gasteiger partial charge in [-0.1, -0.05) is 206 Å². The second-order valence-electron chi connectivity index (χ2n) is 29.2. The second kappa shape index (κ2) is 24.7. The molecule has 5 aliphatic rings. The molecule has 1 fully saturated rings. The largest absolute Gasteiger partial charge is 0.497 e. The minimum atomic E-state index is -0.985. The number of nitrogens with one attached hydrogen (secondary N) is 1. The summed E-state index contributed by atoms with van der Waals surface area (Å²) in [5.74, 6) is 4.21. The predicted molar refractivity (Wildman–Crippen MR) is 388 cm³/mol. The molecule has 0 aromatic heterocycles. The van der Waals surface area contributed by atoms with Crippen LogP contribution in [0, 0.1) is 10.8 Å². The first-order valence-corrected chi connectivity index (χ1v) is 34.3. The first-order chi connectivity index (χ1) is 47.3. The van der Waals surface area contributed by atoms with E-state index in [9.17, 15) is 9.59 Å². The Morgan fingerprint density at radius 3 is 1.30 bits per heavy atom. The number of amides is 1. The maximum Gasteiger partial charge on any atom is 0.407 e. The molecule has 2 heterocycles. The van der Waals surface area contributed by atoms with Crippen molar-refractivity contribution < 1.29 is 47.5 Å². The summed E-state index contributed by atoms with van der Waals surface area (Å²) in [6, 6.07) is 66.7. The van der Waals surface area contributed by atoms with Crippen molar-refractivity contribution in [2.45, 2.75) is 109 Å². The molecule has 1 amide bonds. The highest BCUT2D eigenvalue weighted by molar-refractivity contribution is 6.10. The van der Waals surface area contributed by atoms with Gasteiger partial charge in [0.1, 0.15) is 60.9 Å². The maximum absolute atomic E-state index is 13.4. The van der Waals surface area contributed by atoms with Crippen LogP contribution in [0.5, 0.6) is 34.5 Å². The van der Waals surface area contributed by atoms with Crippen molar-refractivity contribution in [1.82, 2.24) is 5.32 Å². The van der Waals surface area contributed by atoms with E-state index in [-0.39, 0.29) is 66.5 Å². The molecule has 1 saturated carbocycles. The molecule has 496 valence electrons. The van der Waals surface area contributed by atoms with E-state index in [0.717, 1.165) is 85.4 Å². The van der Waals surface area contributed by atoms with Crippen LogP contribution in [0.4, 0.5) is 4.79 Å². The fraction of sp³-hybridized carbons (Fsp3) is 0.287. The van der Waals surface area contributed by atoms with Crippen LogP contribution in [0.3, 0.4) is 0 Å². The van der Waals surface area contributed by atoms with Crippen molar-refractivity contribution in [3.63, 3.8) is 0 Å². The summed E-state index contributed by atoms with van der Waals surface area (Å²) >= 11 is 0. The number of benzene rings is 10. The summed E-state index contributed by atoms with van der Waals surface area (Å²) in [7, 11) is 3.35. The highest BCUT2D eigenvalue weighted by Crippen LogP contribution is 2.61. The van der Waals surface area contributed by atoms with E-state index in [1.807, 2.05) is 72.8 Å². The van der Waals surface area contributed by atoms with Crippen LogP contribution in [0.2, 0.25) is 0 Å². The Hall–Kier alpha value is -10.3. The molecule has 2 aliphatic heterocycles. The van der Waals surface area contributed by atoms with Gasteiger partial charge in [0.15, 0.2) is 11.2 Å². The van der Waals surface area contributed by atoms with Crippen LogP contribution in [-0.2, 0) is 36.3 Å². The average molecular weight is 1300 g/mol. The van der Waals surface area contributed by atoms with Crippen LogP contribution in [0.15, 0.2) is 206 Å².